The van der Waals surface area contributed by atoms with Crippen molar-refractivity contribution in [3.63, 3.8) is 0 Å². The fourth-order valence-corrected chi connectivity index (χ4v) is 4.21. The monoisotopic (exact) mass is 332 g/mol. The molecule has 1 aromatic carbocycles. The van der Waals surface area contributed by atoms with Gasteiger partial charge in [0.1, 0.15) is 11.9 Å². The molecule has 1 atom stereocenters. The minimum absolute atomic E-state index is 0.0263. The van der Waals surface area contributed by atoms with Gasteiger partial charge in [-0.05, 0) is 24.8 Å². The van der Waals surface area contributed by atoms with Gasteiger partial charge in [0, 0.05) is 18.4 Å². The van der Waals surface area contributed by atoms with Gasteiger partial charge in [0.05, 0.1) is 33.1 Å². The van der Waals surface area contributed by atoms with Crippen LogP contribution >= 0.6 is 0 Å². The lowest BCUT2D eigenvalue weighted by Crippen LogP contribution is -2.48. The van der Waals surface area contributed by atoms with Crippen molar-refractivity contribution in [2.75, 3.05) is 27.2 Å². The first kappa shape index (κ1) is 17.3. The number of carbonyl (C=O) groups is 1. The molecule has 2 aliphatic rings. The standard InChI is InChI=1S/C20H29NO3/c1-21(2)13-11-16(12-14-21)24-20(23)19(15-7-3-4-8-15)17-9-5-6-10-18(17)22/h5-6,9-10,15-16,19H,3-4,7-8,11-14H2,1-2H3/p+1. The van der Waals surface area contributed by atoms with Crippen LogP contribution in [-0.2, 0) is 9.53 Å². The molecule has 0 amide bonds. The maximum absolute atomic E-state index is 13.0. The molecule has 1 N–H and O–H groups in total. The average Bonchev–Trinajstić information content (AvgIpc) is 3.06. The van der Waals surface area contributed by atoms with Gasteiger partial charge in [-0.1, -0.05) is 31.0 Å². The van der Waals surface area contributed by atoms with E-state index in [1.54, 1.807) is 12.1 Å². The number of para-hydroxylation sites is 1. The average molecular weight is 332 g/mol. The summed E-state index contributed by atoms with van der Waals surface area (Å²) in [7, 11) is 4.45. The van der Waals surface area contributed by atoms with Gasteiger partial charge in [0.2, 0.25) is 0 Å². The van der Waals surface area contributed by atoms with Gasteiger partial charge in [-0.15, -0.1) is 0 Å². The normalized spacial score (nSPS) is 23.1. The molecule has 1 aliphatic heterocycles. The minimum Gasteiger partial charge on any atom is -0.508 e. The number of phenols is 1. The molecule has 3 rings (SSSR count). The van der Waals surface area contributed by atoms with Crippen molar-refractivity contribution >= 4 is 5.97 Å². The van der Waals surface area contributed by atoms with Crippen LogP contribution in [0.4, 0.5) is 0 Å². The molecule has 1 aliphatic carbocycles. The number of quaternary nitrogens is 1. The number of nitrogens with zero attached hydrogens (tertiary/aromatic N) is 1. The summed E-state index contributed by atoms with van der Waals surface area (Å²) >= 11 is 0. The summed E-state index contributed by atoms with van der Waals surface area (Å²) in [6.07, 6.45) is 6.30. The number of aromatic hydroxyl groups is 1. The minimum atomic E-state index is -0.321. The smallest absolute Gasteiger partial charge is 0.314 e. The van der Waals surface area contributed by atoms with E-state index in [1.807, 2.05) is 12.1 Å². The van der Waals surface area contributed by atoms with Crippen LogP contribution in [-0.4, -0.2) is 48.8 Å². The van der Waals surface area contributed by atoms with Crippen LogP contribution in [0.3, 0.4) is 0 Å². The lowest BCUT2D eigenvalue weighted by Gasteiger charge is -2.37. The highest BCUT2D eigenvalue weighted by atomic mass is 16.5. The third-order valence-corrected chi connectivity index (χ3v) is 5.79. The van der Waals surface area contributed by atoms with E-state index in [0.29, 0.717) is 5.92 Å². The van der Waals surface area contributed by atoms with Crippen molar-refractivity contribution in [3.05, 3.63) is 29.8 Å². The van der Waals surface area contributed by atoms with Crippen LogP contribution in [0.25, 0.3) is 0 Å². The summed E-state index contributed by atoms with van der Waals surface area (Å²) in [5.74, 6) is 0.0492. The number of carbonyl (C=O) groups excluding carboxylic acids is 1. The Morgan fingerprint density at radius 3 is 2.38 bits per heavy atom. The van der Waals surface area contributed by atoms with E-state index in [0.717, 1.165) is 61.7 Å². The molecule has 1 saturated carbocycles. The van der Waals surface area contributed by atoms with Gasteiger partial charge in [0.25, 0.3) is 0 Å². The molecule has 2 fully saturated rings. The van der Waals surface area contributed by atoms with Crippen LogP contribution in [0.2, 0.25) is 0 Å². The Hall–Kier alpha value is -1.55. The number of hydrogen-bond acceptors (Lipinski definition) is 3. The Kier molecular flexibility index (Phi) is 5.14. The maximum Gasteiger partial charge on any atom is 0.314 e. The topological polar surface area (TPSA) is 46.5 Å². The molecule has 4 nitrogen and oxygen atoms in total. The van der Waals surface area contributed by atoms with E-state index >= 15 is 0 Å². The number of benzene rings is 1. The lowest BCUT2D eigenvalue weighted by atomic mass is 9.84. The molecule has 1 heterocycles. The second-order valence-corrected chi connectivity index (χ2v) is 8.10. The Morgan fingerprint density at radius 2 is 1.75 bits per heavy atom. The van der Waals surface area contributed by atoms with Crippen LogP contribution in [0.1, 0.15) is 50.0 Å². The molecule has 0 aromatic heterocycles. The quantitative estimate of drug-likeness (QED) is 0.678. The fourth-order valence-electron chi connectivity index (χ4n) is 4.21. The number of rotatable bonds is 4. The van der Waals surface area contributed by atoms with Gasteiger partial charge in [-0.2, -0.15) is 0 Å². The molecule has 24 heavy (non-hydrogen) atoms. The SMILES string of the molecule is C[N+]1(C)CCC(OC(=O)C(c2ccccc2O)C2CCCC2)CC1. The number of likely N-dealkylation sites (tertiary alicyclic amines) is 1. The van der Waals surface area contributed by atoms with Crippen LogP contribution < -0.4 is 0 Å². The Bertz CT molecular complexity index is 568. The first-order valence-corrected chi connectivity index (χ1v) is 9.27. The van der Waals surface area contributed by atoms with Crippen molar-refractivity contribution in [1.29, 1.82) is 0 Å². The lowest BCUT2D eigenvalue weighted by molar-refractivity contribution is -0.896. The molecule has 0 radical (unpaired) electrons. The number of esters is 1. The van der Waals surface area contributed by atoms with E-state index in [-0.39, 0.29) is 23.7 Å². The van der Waals surface area contributed by atoms with Crippen LogP contribution in [0, 0.1) is 5.92 Å². The van der Waals surface area contributed by atoms with Crippen molar-refractivity contribution < 1.29 is 19.1 Å². The van der Waals surface area contributed by atoms with Crippen LogP contribution in [0.5, 0.6) is 5.75 Å². The van der Waals surface area contributed by atoms with E-state index in [1.165, 1.54) is 0 Å². The highest BCUT2D eigenvalue weighted by molar-refractivity contribution is 5.79. The number of hydrogen-bond donors (Lipinski definition) is 1. The van der Waals surface area contributed by atoms with Gasteiger partial charge in [-0.25, -0.2) is 0 Å². The molecule has 1 unspecified atom stereocenters. The first-order chi connectivity index (χ1) is 11.5. The summed E-state index contributed by atoms with van der Waals surface area (Å²) < 4.78 is 6.91. The van der Waals surface area contributed by atoms with Crippen LogP contribution in [0.15, 0.2) is 24.3 Å². The Balaban J connectivity index is 1.73. The molecule has 4 heteroatoms. The third kappa shape index (κ3) is 3.92. The number of phenolic OH excluding ortho intramolecular Hbond substituents is 1. The zero-order valence-electron chi connectivity index (χ0n) is 14.9. The predicted molar refractivity (Wildman–Crippen MR) is 93.8 cm³/mol. The zero-order chi connectivity index (χ0) is 17.2. The van der Waals surface area contributed by atoms with E-state index in [9.17, 15) is 9.90 Å². The summed E-state index contributed by atoms with van der Waals surface area (Å²) in [5.41, 5.74) is 0.737. The van der Waals surface area contributed by atoms with Gasteiger partial charge in [0.15, 0.2) is 0 Å². The molecule has 0 spiro atoms. The Morgan fingerprint density at radius 1 is 1.12 bits per heavy atom. The molecular weight excluding hydrogens is 302 g/mol. The first-order valence-electron chi connectivity index (χ1n) is 9.27. The van der Waals surface area contributed by atoms with E-state index in [2.05, 4.69) is 14.1 Å². The van der Waals surface area contributed by atoms with Gasteiger partial charge in [-0.3, -0.25) is 4.79 Å². The second kappa shape index (κ2) is 7.14. The van der Waals surface area contributed by atoms with Crippen molar-refractivity contribution in [2.45, 2.75) is 50.5 Å². The molecular formula is C20H30NO3+. The van der Waals surface area contributed by atoms with Gasteiger partial charge >= 0.3 is 5.97 Å². The third-order valence-electron chi connectivity index (χ3n) is 5.79. The van der Waals surface area contributed by atoms with E-state index in [4.69, 9.17) is 4.74 Å². The molecule has 1 aromatic rings. The van der Waals surface area contributed by atoms with Crippen molar-refractivity contribution in [1.82, 2.24) is 0 Å². The summed E-state index contributed by atoms with van der Waals surface area (Å²) in [6.45, 7) is 2.09. The molecule has 132 valence electrons. The highest BCUT2D eigenvalue weighted by Gasteiger charge is 2.37. The van der Waals surface area contributed by atoms with Crippen molar-refractivity contribution in [3.8, 4) is 5.75 Å². The van der Waals surface area contributed by atoms with E-state index < -0.39 is 0 Å². The summed E-state index contributed by atoms with van der Waals surface area (Å²) in [5, 5.41) is 10.3. The fraction of sp³-hybridized carbons (Fsp3) is 0.650. The van der Waals surface area contributed by atoms with Crippen molar-refractivity contribution in [2.24, 2.45) is 5.92 Å². The predicted octanol–water partition coefficient (Wildman–Crippen LogP) is 3.45. The number of piperidine rings is 1. The Labute approximate surface area is 145 Å². The summed E-state index contributed by atoms with van der Waals surface area (Å²) in [4.78, 5) is 13.0. The molecule has 0 bridgehead atoms. The number of ether oxygens (including phenoxy) is 1. The zero-order valence-corrected chi connectivity index (χ0v) is 14.9. The maximum atomic E-state index is 13.0. The second-order valence-electron chi connectivity index (χ2n) is 8.10. The molecule has 1 saturated heterocycles. The largest absolute Gasteiger partial charge is 0.508 e. The van der Waals surface area contributed by atoms with Gasteiger partial charge < -0.3 is 14.3 Å². The summed E-state index contributed by atoms with van der Waals surface area (Å²) in [6, 6.07) is 7.24. The highest BCUT2D eigenvalue weighted by Crippen LogP contribution is 2.41.